The second kappa shape index (κ2) is 7.38. The highest BCUT2D eigenvalue weighted by atomic mass is 16.2. The molecule has 0 bridgehead atoms. The van der Waals surface area contributed by atoms with Gasteiger partial charge in [-0.2, -0.15) is 0 Å². The van der Waals surface area contributed by atoms with Gasteiger partial charge in [0.1, 0.15) is 5.82 Å². The summed E-state index contributed by atoms with van der Waals surface area (Å²) in [7, 11) is 0. The fourth-order valence-electron chi connectivity index (χ4n) is 4.14. The number of anilines is 1. The van der Waals surface area contributed by atoms with E-state index < -0.39 is 0 Å². The van der Waals surface area contributed by atoms with Crippen molar-refractivity contribution in [2.24, 2.45) is 5.92 Å². The monoisotopic (exact) mass is 377 g/mol. The summed E-state index contributed by atoms with van der Waals surface area (Å²) in [6.07, 6.45) is 5.20. The molecule has 1 aromatic heterocycles. The van der Waals surface area contributed by atoms with Crippen molar-refractivity contribution in [1.82, 2.24) is 9.88 Å². The fourth-order valence-corrected chi connectivity index (χ4v) is 4.14. The van der Waals surface area contributed by atoms with Crippen LogP contribution in [0.2, 0.25) is 0 Å². The summed E-state index contributed by atoms with van der Waals surface area (Å²) in [5, 5.41) is 2.90. The van der Waals surface area contributed by atoms with Gasteiger partial charge in [-0.15, -0.1) is 0 Å². The number of hydrogen-bond donors (Lipinski definition) is 1. The molecule has 146 valence electrons. The van der Waals surface area contributed by atoms with Crippen molar-refractivity contribution in [1.29, 1.82) is 0 Å². The molecule has 2 fully saturated rings. The molecule has 0 radical (unpaired) electrons. The quantitative estimate of drug-likeness (QED) is 0.885. The van der Waals surface area contributed by atoms with Crippen LogP contribution in [0.15, 0.2) is 42.6 Å². The van der Waals surface area contributed by atoms with Crippen molar-refractivity contribution in [3.05, 3.63) is 59.3 Å². The van der Waals surface area contributed by atoms with E-state index in [1.54, 1.807) is 6.20 Å². The molecule has 2 aliphatic rings. The Balaban J connectivity index is 1.44. The Morgan fingerprint density at radius 2 is 1.96 bits per heavy atom. The summed E-state index contributed by atoms with van der Waals surface area (Å²) in [5.74, 6) is 0.518. The summed E-state index contributed by atoms with van der Waals surface area (Å²) < 4.78 is 0. The van der Waals surface area contributed by atoms with E-state index in [-0.39, 0.29) is 23.1 Å². The van der Waals surface area contributed by atoms with Crippen molar-refractivity contribution < 1.29 is 9.59 Å². The molecular weight excluding hydrogens is 350 g/mol. The second-order valence-electron chi connectivity index (χ2n) is 8.25. The van der Waals surface area contributed by atoms with Crippen LogP contribution >= 0.6 is 0 Å². The number of carbonyl (C=O) groups excluding carboxylic acids is 2. The average Bonchev–Trinajstić information content (AvgIpc) is 3.51. The largest absolute Gasteiger partial charge is 0.341 e. The molecule has 2 amide bonds. The maximum atomic E-state index is 13.3. The van der Waals surface area contributed by atoms with Gasteiger partial charge in [-0.3, -0.25) is 9.59 Å². The molecule has 4 rings (SSSR count). The lowest BCUT2D eigenvalue weighted by Gasteiger charge is -2.34. The summed E-state index contributed by atoms with van der Waals surface area (Å²) in [6, 6.07) is 12.0. The molecule has 28 heavy (non-hydrogen) atoms. The molecule has 1 atom stereocenters. The number of benzene rings is 1. The Morgan fingerprint density at radius 1 is 1.14 bits per heavy atom. The van der Waals surface area contributed by atoms with Crippen molar-refractivity contribution in [3.63, 3.8) is 0 Å². The smallest absolute Gasteiger partial charge is 0.233 e. The zero-order valence-corrected chi connectivity index (χ0v) is 16.6. The molecule has 2 aromatic rings. The SMILES string of the molecule is Cc1ccc(NC(=O)C2CCCN(C(=O)C3(c4cccc(C)c4)CC3)C2)nc1. The minimum absolute atomic E-state index is 0.0470. The van der Waals surface area contributed by atoms with E-state index in [4.69, 9.17) is 0 Å². The van der Waals surface area contributed by atoms with E-state index in [0.717, 1.165) is 43.4 Å². The number of carbonyl (C=O) groups is 2. The molecule has 1 aromatic carbocycles. The number of piperidine rings is 1. The lowest BCUT2D eigenvalue weighted by atomic mass is 9.90. The molecular formula is C23H27N3O2. The number of rotatable bonds is 4. The third kappa shape index (κ3) is 3.66. The molecule has 1 N–H and O–H groups in total. The molecule has 5 heteroatoms. The van der Waals surface area contributed by atoms with E-state index in [9.17, 15) is 9.59 Å². The lowest BCUT2D eigenvalue weighted by molar-refractivity contribution is -0.137. The number of aromatic nitrogens is 1. The maximum Gasteiger partial charge on any atom is 0.233 e. The van der Waals surface area contributed by atoms with Crippen LogP contribution in [0.4, 0.5) is 5.82 Å². The number of hydrogen-bond acceptors (Lipinski definition) is 3. The Hall–Kier alpha value is -2.69. The van der Waals surface area contributed by atoms with Crippen LogP contribution in [0.5, 0.6) is 0 Å². The first kappa shape index (κ1) is 18.7. The van der Waals surface area contributed by atoms with Gasteiger partial charge in [0, 0.05) is 19.3 Å². The Morgan fingerprint density at radius 3 is 2.64 bits per heavy atom. The molecule has 1 saturated carbocycles. The maximum absolute atomic E-state index is 13.3. The average molecular weight is 377 g/mol. The van der Waals surface area contributed by atoms with Crippen molar-refractivity contribution in [2.75, 3.05) is 18.4 Å². The van der Waals surface area contributed by atoms with Gasteiger partial charge in [0.05, 0.1) is 11.3 Å². The number of pyridine rings is 1. The number of amides is 2. The molecule has 1 aliphatic carbocycles. The third-order valence-electron chi connectivity index (χ3n) is 5.97. The fraction of sp³-hybridized carbons (Fsp3) is 0.435. The van der Waals surface area contributed by atoms with Crippen molar-refractivity contribution in [3.8, 4) is 0 Å². The summed E-state index contributed by atoms with van der Waals surface area (Å²) in [4.78, 5) is 32.2. The van der Waals surface area contributed by atoms with E-state index in [1.807, 2.05) is 30.0 Å². The van der Waals surface area contributed by atoms with Gasteiger partial charge in [0.2, 0.25) is 11.8 Å². The minimum Gasteiger partial charge on any atom is -0.341 e. The van der Waals surface area contributed by atoms with E-state index in [1.165, 1.54) is 5.56 Å². The van der Waals surface area contributed by atoms with Crippen LogP contribution in [-0.4, -0.2) is 34.8 Å². The Labute approximate surface area is 166 Å². The predicted molar refractivity (Wildman–Crippen MR) is 109 cm³/mol. The number of aryl methyl sites for hydroxylation is 2. The van der Waals surface area contributed by atoms with Gasteiger partial charge in [0.15, 0.2) is 0 Å². The van der Waals surface area contributed by atoms with Gasteiger partial charge in [0.25, 0.3) is 0 Å². The first-order valence-corrected chi connectivity index (χ1v) is 10.1. The Bertz CT molecular complexity index is 887. The predicted octanol–water partition coefficient (Wildman–Crippen LogP) is 3.61. The lowest BCUT2D eigenvalue weighted by Crippen LogP contribution is -2.47. The summed E-state index contributed by atoms with van der Waals surface area (Å²) >= 11 is 0. The summed E-state index contributed by atoms with van der Waals surface area (Å²) in [5.41, 5.74) is 2.98. The summed E-state index contributed by atoms with van der Waals surface area (Å²) in [6.45, 7) is 5.25. The normalized spacial score (nSPS) is 20.5. The van der Waals surface area contributed by atoms with Crippen LogP contribution in [0.1, 0.15) is 42.4 Å². The molecule has 5 nitrogen and oxygen atoms in total. The van der Waals surface area contributed by atoms with Gasteiger partial charge in [-0.25, -0.2) is 4.98 Å². The highest BCUT2D eigenvalue weighted by Crippen LogP contribution is 2.50. The van der Waals surface area contributed by atoms with Crippen LogP contribution in [0, 0.1) is 19.8 Å². The Kier molecular flexibility index (Phi) is 4.92. The van der Waals surface area contributed by atoms with E-state index in [2.05, 4.69) is 35.4 Å². The zero-order chi connectivity index (χ0) is 19.7. The van der Waals surface area contributed by atoms with Crippen LogP contribution in [-0.2, 0) is 15.0 Å². The zero-order valence-electron chi connectivity index (χ0n) is 16.6. The first-order chi connectivity index (χ1) is 13.5. The number of likely N-dealkylation sites (tertiary alicyclic amines) is 1. The van der Waals surface area contributed by atoms with E-state index in [0.29, 0.717) is 12.4 Å². The van der Waals surface area contributed by atoms with Crippen molar-refractivity contribution >= 4 is 17.6 Å². The van der Waals surface area contributed by atoms with Gasteiger partial charge in [-0.05, 0) is 56.7 Å². The first-order valence-electron chi connectivity index (χ1n) is 10.1. The minimum atomic E-state index is -0.372. The molecule has 1 saturated heterocycles. The van der Waals surface area contributed by atoms with Crippen molar-refractivity contribution in [2.45, 2.75) is 44.9 Å². The van der Waals surface area contributed by atoms with Crippen LogP contribution in [0.3, 0.4) is 0 Å². The van der Waals surface area contributed by atoms with Crippen LogP contribution in [0.25, 0.3) is 0 Å². The van der Waals surface area contributed by atoms with E-state index >= 15 is 0 Å². The van der Waals surface area contributed by atoms with Gasteiger partial charge < -0.3 is 10.2 Å². The standard InChI is InChI=1S/C23H27N3O2/c1-16-5-3-7-19(13-16)23(10-11-23)22(28)26-12-4-6-18(15-26)21(27)25-20-9-8-17(2)14-24-20/h3,5,7-9,13-14,18H,4,6,10-12,15H2,1-2H3,(H,24,25,27). The van der Waals surface area contributed by atoms with Gasteiger partial charge in [-0.1, -0.05) is 35.9 Å². The highest BCUT2D eigenvalue weighted by Gasteiger charge is 2.53. The molecule has 1 aliphatic heterocycles. The third-order valence-corrected chi connectivity index (χ3v) is 5.97. The molecule has 2 heterocycles. The second-order valence-corrected chi connectivity index (χ2v) is 8.25. The topological polar surface area (TPSA) is 62.3 Å². The van der Waals surface area contributed by atoms with Crippen LogP contribution < -0.4 is 5.32 Å². The molecule has 0 spiro atoms. The number of nitrogens with zero attached hydrogens (tertiary/aromatic N) is 2. The highest BCUT2D eigenvalue weighted by molar-refractivity contribution is 5.94. The molecule has 1 unspecified atom stereocenters. The van der Waals surface area contributed by atoms with Gasteiger partial charge >= 0.3 is 0 Å². The number of nitrogens with one attached hydrogen (secondary N) is 1.